The van der Waals surface area contributed by atoms with Crippen molar-refractivity contribution in [3.63, 3.8) is 0 Å². The summed E-state index contributed by atoms with van der Waals surface area (Å²) in [7, 11) is 0. The van der Waals surface area contributed by atoms with Gasteiger partial charge in [0, 0.05) is 0 Å². The van der Waals surface area contributed by atoms with Crippen molar-refractivity contribution < 1.29 is 14.5 Å². The van der Waals surface area contributed by atoms with Gasteiger partial charge in [-0.25, -0.2) is 9.78 Å². The molecule has 0 unspecified atom stereocenters. The second kappa shape index (κ2) is 2.98. The molecule has 3 heteroatoms. The first kappa shape index (κ1) is 8.48. The van der Waals surface area contributed by atoms with E-state index in [0.29, 0.717) is 0 Å². The summed E-state index contributed by atoms with van der Waals surface area (Å²) in [6, 6.07) is 0. The molecule has 70 valence electrons. The Morgan fingerprint density at radius 3 is 2.50 bits per heavy atom. The van der Waals surface area contributed by atoms with Crippen LogP contribution in [0.15, 0.2) is 0 Å². The Morgan fingerprint density at radius 2 is 1.75 bits per heavy atom. The summed E-state index contributed by atoms with van der Waals surface area (Å²) >= 11 is 0. The Bertz CT molecular complexity index is 167. The maximum atomic E-state index is 5.73. The molecule has 1 aliphatic heterocycles. The topological polar surface area (TPSA) is 27.7 Å². The zero-order valence-electron chi connectivity index (χ0n) is 7.71. The highest BCUT2D eigenvalue weighted by molar-refractivity contribution is 4.79. The molecule has 0 aromatic rings. The van der Waals surface area contributed by atoms with Crippen molar-refractivity contribution in [1.29, 1.82) is 0 Å². The van der Waals surface area contributed by atoms with Crippen molar-refractivity contribution in [2.24, 2.45) is 0 Å². The lowest BCUT2D eigenvalue weighted by molar-refractivity contribution is -0.495. The van der Waals surface area contributed by atoms with Crippen LogP contribution in [-0.4, -0.2) is 18.0 Å². The number of rotatable bonds is 0. The zero-order chi connectivity index (χ0) is 8.60. The minimum absolute atomic E-state index is 0.173. The highest BCUT2D eigenvalue weighted by Crippen LogP contribution is 2.32. The molecular weight excluding hydrogens is 156 g/mol. The van der Waals surface area contributed by atoms with Gasteiger partial charge in [0.2, 0.25) is 0 Å². The number of hydrogen-bond acceptors (Lipinski definition) is 3. The average Bonchev–Trinajstić information content (AvgIpc) is 2.02. The third kappa shape index (κ3) is 1.63. The second-order valence-electron chi connectivity index (χ2n) is 4.06. The highest BCUT2D eigenvalue weighted by Gasteiger charge is 2.39. The first-order valence-electron chi connectivity index (χ1n) is 4.70. The van der Waals surface area contributed by atoms with Crippen LogP contribution in [0.3, 0.4) is 0 Å². The Morgan fingerprint density at radius 1 is 1.08 bits per heavy atom. The first-order valence-corrected chi connectivity index (χ1v) is 4.70. The van der Waals surface area contributed by atoms with Gasteiger partial charge in [-0.1, -0.05) is 12.8 Å². The van der Waals surface area contributed by atoms with Gasteiger partial charge in [-0.3, -0.25) is 0 Å². The summed E-state index contributed by atoms with van der Waals surface area (Å²) in [6.45, 7) is 3.77. The van der Waals surface area contributed by atoms with Crippen LogP contribution in [0.5, 0.6) is 0 Å². The van der Waals surface area contributed by atoms with Crippen molar-refractivity contribution in [1.82, 2.24) is 0 Å². The molecule has 1 heterocycles. The van der Waals surface area contributed by atoms with E-state index in [2.05, 4.69) is 0 Å². The fraction of sp³-hybridized carbons (Fsp3) is 1.00. The molecule has 0 bridgehead atoms. The third-order valence-electron chi connectivity index (χ3n) is 2.45. The monoisotopic (exact) mass is 172 g/mol. The quantitative estimate of drug-likeness (QED) is 0.523. The van der Waals surface area contributed by atoms with E-state index >= 15 is 0 Å². The average molecular weight is 172 g/mol. The molecule has 0 aromatic heterocycles. The molecule has 2 fully saturated rings. The summed E-state index contributed by atoms with van der Waals surface area (Å²) in [6.07, 6.45) is 5.09. The molecule has 2 aliphatic rings. The van der Waals surface area contributed by atoms with E-state index < -0.39 is 5.79 Å². The molecule has 1 aliphatic carbocycles. The van der Waals surface area contributed by atoms with Crippen LogP contribution in [0.2, 0.25) is 0 Å². The largest absolute Gasteiger partial charge is 0.342 e. The van der Waals surface area contributed by atoms with Gasteiger partial charge < -0.3 is 4.74 Å². The highest BCUT2D eigenvalue weighted by atomic mass is 17.2. The maximum absolute atomic E-state index is 5.73. The molecule has 1 saturated carbocycles. The van der Waals surface area contributed by atoms with Crippen molar-refractivity contribution in [3.05, 3.63) is 0 Å². The Hall–Kier alpha value is -0.120. The lowest BCUT2D eigenvalue weighted by Gasteiger charge is -2.41. The van der Waals surface area contributed by atoms with E-state index in [9.17, 15) is 0 Å². The number of hydrogen-bond donors (Lipinski definition) is 0. The van der Waals surface area contributed by atoms with E-state index in [1.54, 1.807) is 0 Å². The molecule has 1 saturated heterocycles. The van der Waals surface area contributed by atoms with Gasteiger partial charge >= 0.3 is 0 Å². The standard InChI is InChI=1S/C9H16O3/c1-9(2)10-7-5-3-4-6-8(7)11-12-9/h7-8H,3-6H2,1-2H3/t7-,8-/m0/s1. The van der Waals surface area contributed by atoms with E-state index in [0.717, 1.165) is 12.8 Å². The fourth-order valence-corrected chi connectivity index (χ4v) is 1.87. The summed E-state index contributed by atoms with van der Waals surface area (Å²) in [5.41, 5.74) is 0. The minimum atomic E-state index is -0.557. The SMILES string of the molecule is CC1(C)OO[C@H]2CCCC[C@@H]2O1. The van der Waals surface area contributed by atoms with Gasteiger partial charge in [0.1, 0.15) is 6.10 Å². The second-order valence-corrected chi connectivity index (χ2v) is 4.06. The molecule has 2 atom stereocenters. The van der Waals surface area contributed by atoms with E-state index in [1.165, 1.54) is 12.8 Å². The van der Waals surface area contributed by atoms with Crippen LogP contribution in [0.4, 0.5) is 0 Å². The molecular formula is C9H16O3. The van der Waals surface area contributed by atoms with Crippen LogP contribution in [-0.2, 0) is 14.5 Å². The van der Waals surface area contributed by atoms with E-state index in [1.807, 2.05) is 13.8 Å². The van der Waals surface area contributed by atoms with Gasteiger partial charge in [-0.05, 0) is 26.7 Å². The summed E-state index contributed by atoms with van der Waals surface area (Å²) < 4.78 is 5.73. The minimum Gasteiger partial charge on any atom is -0.342 e. The van der Waals surface area contributed by atoms with E-state index in [4.69, 9.17) is 14.5 Å². The zero-order valence-corrected chi connectivity index (χ0v) is 7.71. The molecule has 0 N–H and O–H groups in total. The number of fused-ring (bicyclic) bond motifs is 1. The fourth-order valence-electron chi connectivity index (χ4n) is 1.87. The molecule has 12 heavy (non-hydrogen) atoms. The predicted octanol–water partition coefficient (Wildman–Crippen LogP) is 2.01. The van der Waals surface area contributed by atoms with Crippen LogP contribution < -0.4 is 0 Å². The molecule has 3 nitrogen and oxygen atoms in total. The van der Waals surface area contributed by atoms with Gasteiger partial charge in [-0.15, -0.1) is 0 Å². The first-order chi connectivity index (χ1) is 5.67. The lowest BCUT2D eigenvalue weighted by atomic mass is 9.94. The Labute approximate surface area is 72.9 Å². The van der Waals surface area contributed by atoms with Crippen molar-refractivity contribution >= 4 is 0 Å². The summed E-state index contributed by atoms with van der Waals surface area (Å²) in [5, 5.41) is 0. The maximum Gasteiger partial charge on any atom is 0.196 e. The smallest absolute Gasteiger partial charge is 0.196 e. The Balaban J connectivity index is 1.99. The molecule has 0 amide bonds. The van der Waals surface area contributed by atoms with Gasteiger partial charge in [-0.2, -0.15) is 0 Å². The van der Waals surface area contributed by atoms with Gasteiger partial charge in [0.15, 0.2) is 5.79 Å². The molecule has 0 aromatic carbocycles. The molecule has 2 rings (SSSR count). The van der Waals surface area contributed by atoms with Gasteiger partial charge in [0.05, 0.1) is 6.10 Å². The van der Waals surface area contributed by atoms with Crippen LogP contribution in [0.1, 0.15) is 39.5 Å². The van der Waals surface area contributed by atoms with Crippen LogP contribution >= 0.6 is 0 Å². The molecule has 0 spiro atoms. The van der Waals surface area contributed by atoms with Crippen LogP contribution in [0, 0.1) is 0 Å². The summed E-state index contributed by atoms with van der Waals surface area (Å²) in [5.74, 6) is -0.557. The molecule has 0 radical (unpaired) electrons. The van der Waals surface area contributed by atoms with Crippen molar-refractivity contribution in [2.45, 2.75) is 57.5 Å². The van der Waals surface area contributed by atoms with Gasteiger partial charge in [0.25, 0.3) is 0 Å². The van der Waals surface area contributed by atoms with Crippen molar-refractivity contribution in [2.75, 3.05) is 0 Å². The summed E-state index contributed by atoms with van der Waals surface area (Å²) in [4.78, 5) is 10.4. The normalized spacial score (nSPS) is 40.5. The Kier molecular flexibility index (Phi) is 2.10. The van der Waals surface area contributed by atoms with Crippen molar-refractivity contribution in [3.8, 4) is 0 Å². The van der Waals surface area contributed by atoms with Crippen LogP contribution in [0.25, 0.3) is 0 Å². The number of ether oxygens (including phenoxy) is 1. The predicted molar refractivity (Wildman–Crippen MR) is 43.4 cm³/mol. The third-order valence-corrected chi connectivity index (χ3v) is 2.45. The van der Waals surface area contributed by atoms with E-state index in [-0.39, 0.29) is 12.2 Å². The lowest BCUT2D eigenvalue weighted by Crippen LogP contribution is -2.48.